The highest BCUT2D eigenvalue weighted by molar-refractivity contribution is 6.10. The predicted molar refractivity (Wildman–Crippen MR) is 121 cm³/mol. The fourth-order valence-corrected chi connectivity index (χ4v) is 3.46. The average molecular weight is 424 g/mol. The lowest BCUT2D eigenvalue weighted by atomic mass is 10.00. The molecule has 2 heterocycles. The number of carbonyl (C=O) groups is 3. The molecule has 1 atom stereocenters. The van der Waals surface area contributed by atoms with E-state index >= 15 is 0 Å². The Bertz CT molecular complexity index is 1290. The van der Waals surface area contributed by atoms with Crippen LogP contribution in [0.25, 0.3) is 22.3 Å². The molecule has 0 aliphatic rings. The van der Waals surface area contributed by atoms with Crippen LogP contribution in [0.2, 0.25) is 0 Å². The molecular formula is C25H20N4O3. The van der Waals surface area contributed by atoms with Crippen molar-refractivity contribution in [3.8, 4) is 11.4 Å². The molecule has 0 radical (unpaired) electrons. The molecule has 158 valence electrons. The molecule has 0 aliphatic carbocycles. The number of hydrogen-bond acceptors (Lipinski definition) is 5. The second-order valence-corrected chi connectivity index (χ2v) is 7.21. The molecule has 2 aromatic heterocycles. The Labute approximate surface area is 184 Å². The minimum atomic E-state index is -1.09. The fourth-order valence-electron chi connectivity index (χ4n) is 3.46. The first-order valence-corrected chi connectivity index (χ1v) is 10.0. The predicted octanol–water partition coefficient (Wildman–Crippen LogP) is 3.15. The number of fused-ring (bicyclic) bond motifs is 1. The molecule has 32 heavy (non-hydrogen) atoms. The van der Waals surface area contributed by atoms with Gasteiger partial charge in [0.2, 0.25) is 5.91 Å². The lowest BCUT2D eigenvalue weighted by molar-refractivity contribution is -0.118. The summed E-state index contributed by atoms with van der Waals surface area (Å²) in [7, 11) is 0. The number of Topliss-reactive ketones (excluding diaryl/α,β-unsaturated/α-hetero) is 1. The Morgan fingerprint density at radius 2 is 1.59 bits per heavy atom. The first kappa shape index (κ1) is 20.9. The molecule has 7 heteroatoms. The zero-order chi connectivity index (χ0) is 22.5. The number of primary amides is 1. The molecular weight excluding hydrogens is 404 g/mol. The fraction of sp³-hybridized carbons (Fsp3) is 0.0800. The largest absolute Gasteiger partial charge is 0.370 e. The van der Waals surface area contributed by atoms with Gasteiger partial charge in [-0.05, 0) is 24.3 Å². The molecule has 2 aromatic carbocycles. The van der Waals surface area contributed by atoms with Gasteiger partial charge >= 0.3 is 0 Å². The molecule has 3 N–H and O–H groups in total. The molecule has 2 amide bonds. The average Bonchev–Trinajstić information content (AvgIpc) is 2.83. The lowest BCUT2D eigenvalue weighted by Gasteiger charge is -2.17. The maximum absolute atomic E-state index is 13.3. The topological polar surface area (TPSA) is 115 Å². The Balaban J connectivity index is 1.73. The van der Waals surface area contributed by atoms with E-state index in [2.05, 4.69) is 15.3 Å². The van der Waals surface area contributed by atoms with E-state index in [-0.39, 0.29) is 12.2 Å². The van der Waals surface area contributed by atoms with Crippen LogP contribution in [0.15, 0.2) is 85.1 Å². The monoisotopic (exact) mass is 424 g/mol. The van der Waals surface area contributed by atoms with Crippen molar-refractivity contribution in [3.63, 3.8) is 0 Å². The first-order valence-electron chi connectivity index (χ1n) is 10.0. The van der Waals surface area contributed by atoms with E-state index in [1.165, 1.54) is 0 Å². The van der Waals surface area contributed by atoms with E-state index in [9.17, 15) is 14.4 Å². The molecule has 7 nitrogen and oxygen atoms in total. The molecule has 0 fully saturated rings. The summed E-state index contributed by atoms with van der Waals surface area (Å²) in [6.07, 6.45) is 1.34. The number of nitrogens with zero attached hydrogens (tertiary/aromatic N) is 2. The number of rotatable bonds is 7. The van der Waals surface area contributed by atoms with Crippen molar-refractivity contribution < 1.29 is 14.4 Å². The van der Waals surface area contributed by atoms with Gasteiger partial charge in [-0.3, -0.25) is 19.4 Å². The molecule has 0 saturated carbocycles. The Morgan fingerprint density at radius 1 is 0.875 bits per heavy atom. The lowest BCUT2D eigenvalue weighted by Crippen LogP contribution is -2.43. The van der Waals surface area contributed by atoms with E-state index in [4.69, 9.17) is 5.73 Å². The summed E-state index contributed by atoms with van der Waals surface area (Å²) >= 11 is 0. The molecule has 0 saturated heterocycles. The number of amides is 2. The first-order chi connectivity index (χ1) is 15.5. The third kappa shape index (κ3) is 4.52. The Kier molecular flexibility index (Phi) is 5.98. The zero-order valence-electron chi connectivity index (χ0n) is 17.1. The number of hydrogen-bond donors (Lipinski definition) is 2. The van der Waals surface area contributed by atoms with Gasteiger partial charge < -0.3 is 11.1 Å². The van der Waals surface area contributed by atoms with Crippen molar-refractivity contribution in [2.24, 2.45) is 5.73 Å². The number of benzene rings is 2. The molecule has 4 rings (SSSR count). The molecule has 0 spiro atoms. The number of carbonyl (C=O) groups excluding carboxylic acids is 3. The van der Waals surface area contributed by atoms with Crippen LogP contribution in [-0.2, 0) is 4.79 Å². The third-order valence-corrected chi connectivity index (χ3v) is 4.97. The van der Waals surface area contributed by atoms with Crippen LogP contribution in [0, 0.1) is 0 Å². The minimum absolute atomic E-state index is 0.310. The maximum atomic E-state index is 13.3. The van der Waals surface area contributed by atoms with E-state index in [1.54, 1.807) is 72.9 Å². The molecule has 0 aliphatic heterocycles. The minimum Gasteiger partial charge on any atom is -0.370 e. The molecule has 4 aromatic rings. The number of pyridine rings is 2. The normalized spacial score (nSPS) is 11.6. The van der Waals surface area contributed by atoms with Crippen molar-refractivity contribution in [1.82, 2.24) is 15.3 Å². The van der Waals surface area contributed by atoms with Crippen molar-refractivity contribution in [2.75, 3.05) is 0 Å². The van der Waals surface area contributed by atoms with Crippen LogP contribution in [0.1, 0.15) is 27.1 Å². The van der Waals surface area contributed by atoms with Crippen molar-refractivity contribution in [2.45, 2.75) is 12.5 Å². The van der Waals surface area contributed by atoms with Gasteiger partial charge in [-0.15, -0.1) is 0 Å². The summed E-state index contributed by atoms with van der Waals surface area (Å²) in [5.41, 5.74) is 7.81. The second-order valence-electron chi connectivity index (χ2n) is 7.21. The highest BCUT2D eigenvalue weighted by atomic mass is 16.2. The van der Waals surface area contributed by atoms with Crippen LogP contribution < -0.4 is 11.1 Å². The SMILES string of the molecule is NC(=O)CC(NC(=O)c1cc(-c2ccccn2)nc2ccccc12)C(=O)c1ccccc1. The van der Waals surface area contributed by atoms with Crippen LogP contribution in [0.3, 0.4) is 0 Å². The summed E-state index contributed by atoms with van der Waals surface area (Å²) in [4.78, 5) is 46.8. The van der Waals surface area contributed by atoms with Crippen LogP contribution in [0.4, 0.5) is 0 Å². The summed E-state index contributed by atoms with van der Waals surface area (Å²) in [5.74, 6) is -1.58. The summed E-state index contributed by atoms with van der Waals surface area (Å²) in [6, 6.07) is 21.6. The van der Waals surface area contributed by atoms with Crippen molar-refractivity contribution in [1.29, 1.82) is 0 Å². The zero-order valence-corrected chi connectivity index (χ0v) is 17.1. The number of aromatic nitrogens is 2. The van der Waals surface area contributed by atoms with Crippen LogP contribution in [0.5, 0.6) is 0 Å². The van der Waals surface area contributed by atoms with Gasteiger partial charge in [0.1, 0.15) is 6.04 Å². The summed E-state index contributed by atoms with van der Waals surface area (Å²) in [5, 5.41) is 3.32. The van der Waals surface area contributed by atoms with E-state index in [0.717, 1.165) is 0 Å². The number of nitrogens with two attached hydrogens (primary N) is 1. The van der Waals surface area contributed by atoms with Crippen molar-refractivity contribution in [3.05, 3.63) is 96.2 Å². The Hall–Kier alpha value is -4.39. The van der Waals surface area contributed by atoms with E-state index in [1.807, 2.05) is 12.1 Å². The molecule has 1 unspecified atom stereocenters. The van der Waals surface area contributed by atoms with Crippen LogP contribution >= 0.6 is 0 Å². The van der Waals surface area contributed by atoms with Crippen molar-refractivity contribution >= 4 is 28.5 Å². The second kappa shape index (κ2) is 9.18. The molecule has 0 bridgehead atoms. The van der Waals surface area contributed by atoms with Gasteiger partial charge in [-0.2, -0.15) is 0 Å². The Morgan fingerprint density at radius 3 is 2.31 bits per heavy atom. The quantitative estimate of drug-likeness (QED) is 0.442. The highest BCUT2D eigenvalue weighted by Crippen LogP contribution is 2.24. The summed E-state index contributed by atoms with van der Waals surface area (Å²) in [6.45, 7) is 0. The van der Waals surface area contributed by atoms with Gasteiger partial charge in [0.15, 0.2) is 5.78 Å². The smallest absolute Gasteiger partial charge is 0.252 e. The van der Waals surface area contributed by atoms with Gasteiger partial charge in [-0.1, -0.05) is 54.6 Å². The number of ketones is 1. The summed E-state index contributed by atoms with van der Waals surface area (Å²) < 4.78 is 0. The third-order valence-electron chi connectivity index (χ3n) is 4.97. The van der Waals surface area contributed by atoms with Gasteiger partial charge in [0.05, 0.1) is 28.9 Å². The number of nitrogens with one attached hydrogen (secondary N) is 1. The number of para-hydroxylation sites is 1. The van der Waals surface area contributed by atoms with Gasteiger partial charge in [-0.25, -0.2) is 4.98 Å². The highest BCUT2D eigenvalue weighted by Gasteiger charge is 2.25. The van der Waals surface area contributed by atoms with E-state index < -0.39 is 17.9 Å². The van der Waals surface area contributed by atoms with Gasteiger partial charge in [0, 0.05) is 17.1 Å². The standard InChI is InChI=1S/C25H20N4O3/c26-23(30)15-22(24(31)16-8-2-1-3-9-16)29-25(32)18-14-21(20-12-6-7-13-27-20)28-19-11-5-4-10-17(18)19/h1-14,22H,15H2,(H2,26,30)(H,29,32). The van der Waals surface area contributed by atoms with Gasteiger partial charge in [0.25, 0.3) is 5.91 Å². The van der Waals surface area contributed by atoms with E-state index in [0.29, 0.717) is 33.4 Å². The van der Waals surface area contributed by atoms with Crippen LogP contribution in [-0.4, -0.2) is 33.6 Å². The maximum Gasteiger partial charge on any atom is 0.252 e.